The fourth-order valence-corrected chi connectivity index (χ4v) is 2.51. The van der Waals surface area contributed by atoms with Crippen LogP contribution in [-0.2, 0) is 4.43 Å². The molecular weight excluding hydrogens is 188 g/mol. The minimum absolute atomic E-state index is 0.500. The maximum Gasteiger partial charge on any atom is 0.192 e. The summed E-state index contributed by atoms with van der Waals surface area (Å²) < 4.78 is 5.51. The average molecular weight is 202 g/mol. The lowest BCUT2D eigenvalue weighted by molar-refractivity contribution is 0.367. The molecule has 0 fully saturated rings. The lowest BCUT2D eigenvalue weighted by atomic mass is 10.1. The van der Waals surface area contributed by atoms with Gasteiger partial charge in [-0.05, 0) is 22.9 Å². The molecule has 0 aliphatic carbocycles. The summed E-state index contributed by atoms with van der Waals surface area (Å²) >= 11 is 0. The Bertz CT molecular complexity index is 425. The van der Waals surface area contributed by atoms with Gasteiger partial charge < -0.3 is 4.43 Å². The van der Waals surface area contributed by atoms with E-state index in [1.54, 1.807) is 0 Å². The molecule has 2 aromatic rings. The van der Waals surface area contributed by atoms with Crippen LogP contribution in [0.1, 0.15) is 6.92 Å². The van der Waals surface area contributed by atoms with Crippen LogP contribution in [0.4, 0.5) is 0 Å². The van der Waals surface area contributed by atoms with Gasteiger partial charge in [-0.15, -0.1) is 0 Å². The zero-order chi connectivity index (χ0) is 9.80. The van der Waals surface area contributed by atoms with Gasteiger partial charge in [0.25, 0.3) is 0 Å². The van der Waals surface area contributed by atoms with Gasteiger partial charge in [-0.1, -0.05) is 42.5 Å². The molecule has 0 amide bonds. The fraction of sp³-hybridized carbons (Fsp3) is 0.167. The Kier molecular flexibility index (Phi) is 2.96. The minimum atomic E-state index is -0.500. The molecule has 0 atom stereocenters. The summed E-state index contributed by atoms with van der Waals surface area (Å²) in [7, 11) is -0.500. The summed E-state index contributed by atoms with van der Waals surface area (Å²) in [5, 5.41) is 4.00. The molecule has 0 radical (unpaired) electrons. The van der Waals surface area contributed by atoms with Gasteiger partial charge in [-0.2, -0.15) is 0 Å². The van der Waals surface area contributed by atoms with Gasteiger partial charge in [-0.25, -0.2) is 0 Å². The van der Waals surface area contributed by atoms with Crippen LogP contribution in [-0.4, -0.2) is 16.4 Å². The number of benzene rings is 2. The predicted molar refractivity (Wildman–Crippen MR) is 63.8 cm³/mol. The molecule has 0 saturated heterocycles. The lowest BCUT2D eigenvalue weighted by Gasteiger charge is -2.02. The van der Waals surface area contributed by atoms with E-state index in [4.69, 9.17) is 4.43 Å². The summed E-state index contributed by atoms with van der Waals surface area (Å²) in [6.45, 7) is 2.88. The molecule has 1 nitrogen and oxygen atoms in total. The highest BCUT2D eigenvalue weighted by atomic mass is 28.2. The van der Waals surface area contributed by atoms with Gasteiger partial charge in [0.15, 0.2) is 9.76 Å². The van der Waals surface area contributed by atoms with Crippen LogP contribution in [0.5, 0.6) is 0 Å². The second-order valence-corrected chi connectivity index (χ2v) is 4.83. The number of hydrogen-bond donors (Lipinski definition) is 0. The molecular formula is C12H14OSi. The van der Waals surface area contributed by atoms with E-state index in [-0.39, 0.29) is 0 Å². The largest absolute Gasteiger partial charge is 0.419 e. The van der Waals surface area contributed by atoms with E-state index in [1.165, 1.54) is 16.0 Å². The molecule has 0 bridgehead atoms. The zero-order valence-electron chi connectivity index (χ0n) is 8.36. The second kappa shape index (κ2) is 4.40. The van der Waals surface area contributed by atoms with Gasteiger partial charge in [0.05, 0.1) is 0 Å². The maximum atomic E-state index is 5.51. The normalized spacial score (nSPS) is 11.5. The molecule has 0 N–H and O–H groups in total. The molecule has 0 aliphatic heterocycles. The van der Waals surface area contributed by atoms with Crippen molar-refractivity contribution in [2.75, 3.05) is 6.61 Å². The molecule has 0 spiro atoms. The van der Waals surface area contributed by atoms with E-state index in [9.17, 15) is 0 Å². The molecule has 2 rings (SSSR count). The molecule has 0 heterocycles. The van der Waals surface area contributed by atoms with Crippen LogP contribution < -0.4 is 5.19 Å². The quantitative estimate of drug-likeness (QED) is 0.687. The van der Waals surface area contributed by atoms with Crippen LogP contribution in [0, 0.1) is 0 Å². The molecule has 0 saturated carbocycles. The highest BCUT2D eigenvalue weighted by Crippen LogP contribution is 2.10. The van der Waals surface area contributed by atoms with Gasteiger partial charge >= 0.3 is 0 Å². The Labute approximate surface area is 86.7 Å². The van der Waals surface area contributed by atoms with E-state index < -0.39 is 9.76 Å². The first-order chi connectivity index (χ1) is 6.90. The van der Waals surface area contributed by atoms with Crippen molar-refractivity contribution in [2.45, 2.75) is 6.92 Å². The van der Waals surface area contributed by atoms with E-state index >= 15 is 0 Å². The third-order valence-electron chi connectivity index (χ3n) is 2.29. The van der Waals surface area contributed by atoms with Gasteiger partial charge in [0.2, 0.25) is 0 Å². The number of rotatable bonds is 3. The molecule has 2 heteroatoms. The van der Waals surface area contributed by atoms with Crippen molar-refractivity contribution < 1.29 is 4.43 Å². The Morgan fingerprint density at radius 1 is 1.07 bits per heavy atom. The van der Waals surface area contributed by atoms with Crippen molar-refractivity contribution in [1.82, 2.24) is 0 Å². The maximum absolute atomic E-state index is 5.51. The predicted octanol–water partition coefficient (Wildman–Crippen LogP) is 1.59. The van der Waals surface area contributed by atoms with Crippen LogP contribution >= 0.6 is 0 Å². The smallest absolute Gasteiger partial charge is 0.192 e. The van der Waals surface area contributed by atoms with Crippen molar-refractivity contribution >= 4 is 25.7 Å². The van der Waals surface area contributed by atoms with Crippen molar-refractivity contribution in [3.8, 4) is 0 Å². The van der Waals surface area contributed by atoms with Crippen LogP contribution in [0.3, 0.4) is 0 Å². The first kappa shape index (κ1) is 9.43. The first-order valence-electron chi connectivity index (χ1n) is 4.95. The van der Waals surface area contributed by atoms with Crippen molar-refractivity contribution in [1.29, 1.82) is 0 Å². The van der Waals surface area contributed by atoms with Crippen LogP contribution in [0.2, 0.25) is 0 Å². The highest BCUT2D eigenvalue weighted by molar-refractivity contribution is 6.47. The summed E-state index contributed by atoms with van der Waals surface area (Å²) in [6.07, 6.45) is 0. The third-order valence-corrected chi connectivity index (χ3v) is 3.67. The monoisotopic (exact) mass is 202 g/mol. The topological polar surface area (TPSA) is 9.23 Å². The summed E-state index contributed by atoms with van der Waals surface area (Å²) in [6, 6.07) is 15.1. The van der Waals surface area contributed by atoms with E-state index in [1.807, 2.05) is 6.92 Å². The van der Waals surface area contributed by atoms with E-state index in [0.29, 0.717) is 0 Å². The second-order valence-electron chi connectivity index (χ2n) is 3.32. The standard InChI is InChI=1S/C12H14OSi/c1-2-13-14-12-8-7-10-5-3-4-6-11(10)9-12/h3-9H,2,14H2,1H3. The molecule has 14 heavy (non-hydrogen) atoms. The van der Waals surface area contributed by atoms with Crippen LogP contribution in [0.15, 0.2) is 42.5 Å². The Morgan fingerprint density at radius 3 is 2.64 bits per heavy atom. The molecule has 2 aromatic carbocycles. The molecule has 72 valence electrons. The average Bonchev–Trinajstić information content (AvgIpc) is 2.26. The van der Waals surface area contributed by atoms with Crippen molar-refractivity contribution in [3.05, 3.63) is 42.5 Å². The first-order valence-corrected chi connectivity index (χ1v) is 6.24. The minimum Gasteiger partial charge on any atom is -0.419 e. The lowest BCUT2D eigenvalue weighted by Crippen LogP contribution is -2.16. The van der Waals surface area contributed by atoms with E-state index in [2.05, 4.69) is 42.5 Å². The summed E-state index contributed by atoms with van der Waals surface area (Å²) in [4.78, 5) is 0. The SMILES string of the molecule is CCO[SiH2]c1ccc2ccccc2c1. The number of hydrogen-bond acceptors (Lipinski definition) is 1. The fourth-order valence-electron chi connectivity index (χ4n) is 1.55. The van der Waals surface area contributed by atoms with Gasteiger partial charge in [0.1, 0.15) is 0 Å². The molecule has 0 aromatic heterocycles. The Balaban J connectivity index is 2.32. The zero-order valence-corrected chi connectivity index (χ0v) is 9.78. The van der Waals surface area contributed by atoms with Gasteiger partial charge in [0, 0.05) is 6.61 Å². The molecule has 0 aliphatic rings. The van der Waals surface area contributed by atoms with Crippen molar-refractivity contribution in [2.24, 2.45) is 0 Å². The highest BCUT2D eigenvalue weighted by Gasteiger charge is 1.96. The third kappa shape index (κ3) is 2.03. The molecule has 0 unspecified atom stereocenters. The summed E-state index contributed by atoms with van der Waals surface area (Å²) in [5.74, 6) is 0. The van der Waals surface area contributed by atoms with Crippen LogP contribution in [0.25, 0.3) is 10.8 Å². The van der Waals surface area contributed by atoms with Crippen molar-refractivity contribution in [3.63, 3.8) is 0 Å². The number of fused-ring (bicyclic) bond motifs is 1. The summed E-state index contributed by atoms with van der Waals surface area (Å²) in [5.41, 5.74) is 0. The Hall–Kier alpha value is -1.12. The van der Waals surface area contributed by atoms with E-state index in [0.717, 1.165) is 6.61 Å². The van der Waals surface area contributed by atoms with Gasteiger partial charge in [-0.3, -0.25) is 0 Å². The Morgan fingerprint density at radius 2 is 1.86 bits per heavy atom.